The van der Waals surface area contributed by atoms with Crippen LogP contribution >= 0.6 is 0 Å². The molecule has 0 aromatic heterocycles. The minimum atomic E-state index is 0.479. The maximum absolute atomic E-state index is 5.94. The maximum Gasteiger partial charge on any atom is 0.109 e. The molecule has 1 atom stereocenters. The highest BCUT2D eigenvalue weighted by atomic mass is 16.5. The molecule has 1 heterocycles. The Morgan fingerprint density at radius 3 is 2.65 bits per heavy atom. The highest BCUT2D eigenvalue weighted by Gasteiger charge is 2.30. The zero-order chi connectivity index (χ0) is 14.2. The lowest BCUT2D eigenvalue weighted by Crippen LogP contribution is -2.40. The first-order valence-electron chi connectivity index (χ1n) is 8.91. The van der Waals surface area contributed by atoms with Gasteiger partial charge >= 0.3 is 0 Å². The molecule has 116 valence electrons. The van der Waals surface area contributed by atoms with Crippen LogP contribution in [0, 0.1) is 11.8 Å². The monoisotopic (exact) mass is 279 g/mol. The van der Waals surface area contributed by atoms with E-state index in [9.17, 15) is 0 Å². The number of hydrogen-bond donors (Lipinski definition) is 1. The standard InChI is InChI=1S/C18H33NO/c1-3-5-8-15-10-12-16(13-11-15)18(19-4-2)17-9-6-7-14-20-17/h9,15-16,18-19H,3-8,10-14H2,1-2H3. The Bertz CT molecular complexity index is 292. The minimum absolute atomic E-state index is 0.479. The van der Waals surface area contributed by atoms with Gasteiger partial charge in [0.2, 0.25) is 0 Å². The second-order valence-electron chi connectivity index (χ2n) is 6.56. The van der Waals surface area contributed by atoms with Gasteiger partial charge in [0.1, 0.15) is 5.76 Å². The fourth-order valence-corrected chi connectivity index (χ4v) is 3.82. The highest BCUT2D eigenvalue weighted by Crippen LogP contribution is 2.36. The van der Waals surface area contributed by atoms with Crippen molar-refractivity contribution < 1.29 is 4.74 Å². The molecule has 0 saturated heterocycles. The van der Waals surface area contributed by atoms with Crippen molar-refractivity contribution >= 4 is 0 Å². The Morgan fingerprint density at radius 1 is 1.25 bits per heavy atom. The molecule has 1 saturated carbocycles. The molecule has 2 nitrogen and oxygen atoms in total. The van der Waals surface area contributed by atoms with Gasteiger partial charge in [-0.1, -0.05) is 46.0 Å². The molecule has 0 aromatic rings. The summed E-state index contributed by atoms with van der Waals surface area (Å²) in [5.74, 6) is 3.03. The molecule has 0 bridgehead atoms. The molecule has 1 aliphatic heterocycles. The molecule has 1 N–H and O–H groups in total. The van der Waals surface area contributed by atoms with Gasteiger partial charge < -0.3 is 10.1 Å². The van der Waals surface area contributed by atoms with Crippen molar-refractivity contribution in [3.05, 3.63) is 11.8 Å². The van der Waals surface area contributed by atoms with Crippen molar-refractivity contribution in [2.24, 2.45) is 11.8 Å². The number of nitrogens with one attached hydrogen (secondary N) is 1. The molecule has 20 heavy (non-hydrogen) atoms. The summed E-state index contributed by atoms with van der Waals surface area (Å²) in [6.45, 7) is 6.48. The summed E-state index contributed by atoms with van der Waals surface area (Å²) in [4.78, 5) is 0. The number of rotatable bonds is 7. The number of allylic oxidation sites excluding steroid dienone is 1. The van der Waals surface area contributed by atoms with E-state index in [1.54, 1.807) is 0 Å². The molecule has 1 unspecified atom stereocenters. The van der Waals surface area contributed by atoms with Crippen molar-refractivity contribution in [1.29, 1.82) is 0 Å². The summed E-state index contributed by atoms with van der Waals surface area (Å²) in [5, 5.41) is 3.69. The third-order valence-corrected chi connectivity index (χ3v) is 5.02. The normalized spacial score (nSPS) is 28.6. The van der Waals surface area contributed by atoms with Gasteiger partial charge in [-0.3, -0.25) is 0 Å². The highest BCUT2D eigenvalue weighted by molar-refractivity contribution is 5.08. The van der Waals surface area contributed by atoms with Crippen LogP contribution in [0.5, 0.6) is 0 Å². The van der Waals surface area contributed by atoms with E-state index in [0.29, 0.717) is 6.04 Å². The first-order chi connectivity index (χ1) is 9.85. The topological polar surface area (TPSA) is 21.3 Å². The maximum atomic E-state index is 5.94. The second-order valence-corrected chi connectivity index (χ2v) is 6.56. The minimum Gasteiger partial charge on any atom is -0.497 e. The Kier molecular flexibility index (Phi) is 6.92. The Morgan fingerprint density at radius 2 is 2.05 bits per heavy atom. The molecule has 0 amide bonds. The fourth-order valence-electron chi connectivity index (χ4n) is 3.82. The van der Waals surface area contributed by atoms with E-state index in [0.717, 1.165) is 25.0 Å². The van der Waals surface area contributed by atoms with Gasteiger partial charge in [-0.2, -0.15) is 0 Å². The van der Waals surface area contributed by atoms with Gasteiger partial charge in [0.25, 0.3) is 0 Å². The van der Waals surface area contributed by atoms with E-state index in [1.165, 1.54) is 63.5 Å². The summed E-state index contributed by atoms with van der Waals surface area (Å²) >= 11 is 0. The molecule has 0 aromatic carbocycles. The summed E-state index contributed by atoms with van der Waals surface area (Å²) in [6, 6.07) is 0.479. The van der Waals surface area contributed by atoms with Gasteiger partial charge in [-0.05, 0) is 50.1 Å². The molecule has 1 aliphatic carbocycles. The van der Waals surface area contributed by atoms with Gasteiger partial charge in [0.15, 0.2) is 0 Å². The second kappa shape index (κ2) is 8.71. The fraction of sp³-hybridized carbons (Fsp3) is 0.889. The number of likely N-dealkylation sites (N-methyl/N-ethyl adjacent to an activating group) is 1. The van der Waals surface area contributed by atoms with Crippen molar-refractivity contribution in [1.82, 2.24) is 5.32 Å². The van der Waals surface area contributed by atoms with E-state index in [1.807, 2.05) is 0 Å². The molecule has 0 spiro atoms. The van der Waals surface area contributed by atoms with E-state index in [2.05, 4.69) is 25.2 Å². The van der Waals surface area contributed by atoms with E-state index in [-0.39, 0.29) is 0 Å². The van der Waals surface area contributed by atoms with Crippen LogP contribution < -0.4 is 5.32 Å². The molecule has 2 aliphatic rings. The molecule has 1 fully saturated rings. The Balaban J connectivity index is 1.86. The number of hydrogen-bond acceptors (Lipinski definition) is 2. The summed E-state index contributed by atoms with van der Waals surface area (Å²) in [7, 11) is 0. The van der Waals surface area contributed by atoms with Crippen LogP contribution in [-0.2, 0) is 4.74 Å². The van der Waals surface area contributed by atoms with Crippen LogP contribution in [0.15, 0.2) is 11.8 Å². The van der Waals surface area contributed by atoms with Crippen LogP contribution in [0.25, 0.3) is 0 Å². The van der Waals surface area contributed by atoms with E-state index < -0.39 is 0 Å². The first kappa shape index (κ1) is 15.9. The average molecular weight is 279 g/mol. The zero-order valence-electron chi connectivity index (χ0n) is 13.5. The van der Waals surface area contributed by atoms with Crippen LogP contribution in [-0.4, -0.2) is 19.2 Å². The molecule has 2 rings (SSSR count). The van der Waals surface area contributed by atoms with E-state index >= 15 is 0 Å². The third-order valence-electron chi connectivity index (χ3n) is 5.02. The Labute approximate surface area is 125 Å². The smallest absolute Gasteiger partial charge is 0.109 e. The molecule has 0 radical (unpaired) electrons. The van der Waals surface area contributed by atoms with Gasteiger partial charge in [-0.25, -0.2) is 0 Å². The van der Waals surface area contributed by atoms with Crippen molar-refractivity contribution in [2.75, 3.05) is 13.2 Å². The predicted molar refractivity (Wildman–Crippen MR) is 85.7 cm³/mol. The van der Waals surface area contributed by atoms with Crippen molar-refractivity contribution in [3.8, 4) is 0 Å². The van der Waals surface area contributed by atoms with Gasteiger partial charge in [0, 0.05) is 0 Å². The van der Waals surface area contributed by atoms with Crippen LogP contribution in [0.4, 0.5) is 0 Å². The van der Waals surface area contributed by atoms with Gasteiger partial charge in [-0.15, -0.1) is 0 Å². The average Bonchev–Trinajstić information content (AvgIpc) is 2.52. The molecular weight excluding hydrogens is 246 g/mol. The van der Waals surface area contributed by atoms with Crippen molar-refractivity contribution in [2.45, 2.75) is 77.7 Å². The lowest BCUT2D eigenvalue weighted by atomic mass is 9.76. The Hall–Kier alpha value is -0.500. The SMILES string of the molecule is CCCCC1CCC(C(NCC)C2=CCCCO2)CC1. The quantitative estimate of drug-likeness (QED) is 0.732. The lowest BCUT2D eigenvalue weighted by Gasteiger charge is -2.36. The molecule has 2 heteroatoms. The zero-order valence-corrected chi connectivity index (χ0v) is 13.5. The van der Waals surface area contributed by atoms with E-state index in [4.69, 9.17) is 4.74 Å². The predicted octanol–water partition coefficient (Wildman–Crippen LogP) is 4.66. The largest absolute Gasteiger partial charge is 0.497 e. The number of unbranched alkanes of at least 4 members (excludes halogenated alkanes) is 1. The summed E-state index contributed by atoms with van der Waals surface area (Å²) < 4.78 is 5.94. The summed E-state index contributed by atoms with van der Waals surface area (Å²) in [6.07, 6.45) is 14.6. The molecular formula is C18H33NO. The van der Waals surface area contributed by atoms with Crippen LogP contribution in [0.1, 0.15) is 71.6 Å². The summed E-state index contributed by atoms with van der Waals surface area (Å²) in [5.41, 5.74) is 0. The van der Waals surface area contributed by atoms with Crippen LogP contribution in [0.3, 0.4) is 0 Å². The van der Waals surface area contributed by atoms with Gasteiger partial charge in [0.05, 0.1) is 12.6 Å². The number of ether oxygens (including phenoxy) is 1. The first-order valence-corrected chi connectivity index (χ1v) is 8.91. The van der Waals surface area contributed by atoms with Crippen molar-refractivity contribution in [3.63, 3.8) is 0 Å². The lowest BCUT2D eigenvalue weighted by molar-refractivity contribution is 0.131. The van der Waals surface area contributed by atoms with Crippen LogP contribution in [0.2, 0.25) is 0 Å². The third kappa shape index (κ3) is 4.51.